The zero-order valence-corrected chi connectivity index (χ0v) is 14.3. The summed E-state index contributed by atoms with van der Waals surface area (Å²) in [5.41, 5.74) is 0.439. The molecule has 0 spiro atoms. The lowest BCUT2D eigenvalue weighted by Crippen LogP contribution is -2.23. The topological polar surface area (TPSA) is 52.9 Å². The first-order valence-corrected chi connectivity index (χ1v) is 8.38. The number of nitrogens with zero attached hydrogens (tertiary/aromatic N) is 2. The van der Waals surface area contributed by atoms with Crippen LogP contribution in [0.1, 0.15) is 18.9 Å². The Hall–Kier alpha value is -3.34. The average molecular weight is 346 g/mol. The highest BCUT2D eigenvalue weighted by atomic mass is 16.7. The van der Waals surface area contributed by atoms with Gasteiger partial charge in [-0.2, -0.15) is 0 Å². The fourth-order valence-corrected chi connectivity index (χ4v) is 2.76. The van der Waals surface area contributed by atoms with E-state index in [1.54, 1.807) is 12.4 Å². The van der Waals surface area contributed by atoms with Gasteiger partial charge in [0, 0.05) is 6.20 Å². The third-order valence-corrected chi connectivity index (χ3v) is 4.15. The molecule has 0 bridgehead atoms. The van der Waals surface area contributed by atoms with Gasteiger partial charge in [0.05, 0.1) is 12.6 Å². The molecule has 0 aliphatic carbocycles. The summed E-state index contributed by atoms with van der Waals surface area (Å²) in [7, 11) is 0. The molecule has 2 heterocycles. The number of aromatic nitrogens is 1. The van der Waals surface area contributed by atoms with E-state index in [-0.39, 0.29) is 0 Å². The lowest BCUT2D eigenvalue weighted by Gasteiger charge is -2.21. The largest absolute Gasteiger partial charge is 0.457 e. The SMILES string of the molecule is C[C@]1(c2ccc(Oc3ccccc3)cc2)CC(Oc2cccnc2)=NO1. The third kappa shape index (κ3) is 3.52. The first kappa shape index (κ1) is 16.1. The summed E-state index contributed by atoms with van der Waals surface area (Å²) in [6.07, 6.45) is 3.89. The Balaban J connectivity index is 1.43. The normalized spacial score (nSPS) is 18.7. The monoisotopic (exact) mass is 346 g/mol. The highest BCUT2D eigenvalue weighted by Crippen LogP contribution is 2.36. The van der Waals surface area contributed by atoms with E-state index in [0.29, 0.717) is 18.1 Å². The van der Waals surface area contributed by atoms with E-state index in [1.165, 1.54) is 0 Å². The minimum atomic E-state index is -0.567. The Morgan fingerprint density at radius 1 is 0.846 bits per heavy atom. The number of rotatable bonds is 4. The van der Waals surface area contributed by atoms with Crippen molar-refractivity contribution >= 4 is 5.90 Å². The predicted octanol–water partition coefficient (Wildman–Crippen LogP) is 4.90. The molecule has 130 valence electrons. The molecule has 4 rings (SSSR count). The van der Waals surface area contributed by atoms with Gasteiger partial charge in [0.15, 0.2) is 5.60 Å². The van der Waals surface area contributed by atoms with Crippen molar-refractivity contribution in [3.8, 4) is 17.2 Å². The maximum absolute atomic E-state index is 5.83. The summed E-state index contributed by atoms with van der Waals surface area (Å²) in [5.74, 6) is 2.75. The summed E-state index contributed by atoms with van der Waals surface area (Å²) < 4.78 is 11.6. The lowest BCUT2D eigenvalue weighted by atomic mass is 9.93. The first-order valence-electron chi connectivity index (χ1n) is 8.38. The number of oxime groups is 1. The smallest absolute Gasteiger partial charge is 0.235 e. The minimum Gasteiger partial charge on any atom is -0.457 e. The molecule has 1 atom stereocenters. The van der Waals surface area contributed by atoms with Gasteiger partial charge in [-0.15, -0.1) is 0 Å². The maximum Gasteiger partial charge on any atom is 0.235 e. The quantitative estimate of drug-likeness (QED) is 0.674. The Kier molecular flexibility index (Phi) is 4.27. The van der Waals surface area contributed by atoms with Crippen LogP contribution in [0, 0.1) is 0 Å². The summed E-state index contributed by atoms with van der Waals surface area (Å²) in [4.78, 5) is 9.70. The van der Waals surface area contributed by atoms with Gasteiger partial charge in [-0.05, 0) is 48.9 Å². The Bertz CT molecular complexity index is 896. The Morgan fingerprint density at radius 2 is 1.58 bits per heavy atom. The highest BCUT2D eigenvalue weighted by Gasteiger charge is 2.37. The average Bonchev–Trinajstić information content (AvgIpc) is 3.06. The van der Waals surface area contributed by atoms with Crippen molar-refractivity contribution in [2.45, 2.75) is 18.9 Å². The van der Waals surface area contributed by atoms with Crippen LogP contribution in [0.25, 0.3) is 0 Å². The molecule has 1 aromatic heterocycles. The number of hydrogen-bond donors (Lipinski definition) is 0. The van der Waals surface area contributed by atoms with Crippen molar-refractivity contribution in [2.24, 2.45) is 5.16 Å². The molecule has 0 unspecified atom stereocenters. The van der Waals surface area contributed by atoms with Crippen molar-refractivity contribution in [3.05, 3.63) is 84.7 Å². The van der Waals surface area contributed by atoms with Crippen LogP contribution in [-0.4, -0.2) is 10.9 Å². The number of hydrogen-bond acceptors (Lipinski definition) is 5. The molecule has 2 aromatic carbocycles. The molecular weight excluding hydrogens is 328 g/mol. The van der Waals surface area contributed by atoms with Crippen LogP contribution < -0.4 is 9.47 Å². The molecule has 3 aromatic rings. The van der Waals surface area contributed by atoms with Crippen molar-refractivity contribution in [2.75, 3.05) is 0 Å². The van der Waals surface area contributed by atoms with E-state index in [9.17, 15) is 0 Å². The summed E-state index contributed by atoms with van der Waals surface area (Å²) >= 11 is 0. The van der Waals surface area contributed by atoms with Crippen molar-refractivity contribution in [1.82, 2.24) is 4.98 Å². The van der Waals surface area contributed by atoms with Gasteiger partial charge in [0.2, 0.25) is 5.90 Å². The van der Waals surface area contributed by atoms with Crippen LogP contribution in [0.4, 0.5) is 0 Å². The summed E-state index contributed by atoms with van der Waals surface area (Å²) in [6.45, 7) is 1.99. The minimum absolute atomic E-state index is 0.533. The van der Waals surface area contributed by atoms with Crippen molar-refractivity contribution < 1.29 is 14.3 Å². The van der Waals surface area contributed by atoms with E-state index in [2.05, 4.69) is 10.1 Å². The molecule has 0 saturated carbocycles. The fraction of sp³-hybridized carbons (Fsp3) is 0.143. The van der Waals surface area contributed by atoms with Crippen molar-refractivity contribution in [1.29, 1.82) is 0 Å². The van der Waals surface area contributed by atoms with Crippen LogP contribution in [-0.2, 0) is 10.4 Å². The second-order valence-corrected chi connectivity index (χ2v) is 6.21. The molecule has 0 saturated heterocycles. The molecule has 5 heteroatoms. The predicted molar refractivity (Wildman–Crippen MR) is 98.3 cm³/mol. The second-order valence-electron chi connectivity index (χ2n) is 6.21. The van der Waals surface area contributed by atoms with Gasteiger partial charge >= 0.3 is 0 Å². The highest BCUT2D eigenvalue weighted by molar-refractivity contribution is 5.80. The zero-order valence-electron chi connectivity index (χ0n) is 14.3. The molecule has 1 aliphatic heterocycles. The van der Waals surface area contributed by atoms with Crippen LogP contribution >= 0.6 is 0 Å². The van der Waals surface area contributed by atoms with E-state index >= 15 is 0 Å². The number of benzene rings is 2. The van der Waals surface area contributed by atoms with E-state index in [1.807, 2.05) is 73.7 Å². The molecule has 5 nitrogen and oxygen atoms in total. The van der Waals surface area contributed by atoms with Crippen LogP contribution in [0.5, 0.6) is 17.2 Å². The van der Waals surface area contributed by atoms with Crippen LogP contribution in [0.3, 0.4) is 0 Å². The first-order chi connectivity index (χ1) is 12.7. The van der Waals surface area contributed by atoms with Crippen molar-refractivity contribution in [3.63, 3.8) is 0 Å². The van der Waals surface area contributed by atoms with Gasteiger partial charge in [0.1, 0.15) is 17.2 Å². The Morgan fingerprint density at radius 3 is 2.31 bits per heavy atom. The molecular formula is C21H18N2O3. The Labute approximate surface area is 151 Å². The molecule has 1 aliphatic rings. The van der Waals surface area contributed by atoms with Gasteiger partial charge in [0.25, 0.3) is 0 Å². The number of pyridine rings is 1. The second kappa shape index (κ2) is 6.88. The molecule has 0 N–H and O–H groups in total. The number of ether oxygens (including phenoxy) is 2. The van der Waals surface area contributed by atoms with Gasteiger partial charge < -0.3 is 14.3 Å². The zero-order chi connectivity index (χ0) is 17.8. The standard InChI is InChI=1S/C21H18N2O3/c1-21(14-20(23-26-21)25-19-8-5-13-22-15-19)16-9-11-18(12-10-16)24-17-6-3-2-4-7-17/h2-13,15H,14H2,1H3/t21-/m1/s1. The summed E-state index contributed by atoms with van der Waals surface area (Å²) in [5, 5.41) is 4.09. The van der Waals surface area contributed by atoms with Crippen LogP contribution in [0.2, 0.25) is 0 Å². The lowest BCUT2D eigenvalue weighted by molar-refractivity contribution is -0.00741. The van der Waals surface area contributed by atoms with E-state index in [4.69, 9.17) is 14.3 Å². The third-order valence-electron chi connectivity index (χ3n) is 4.15. The molecule has 0 radical (unpaired) electrons. The maximum atomic E-state index is 5.83. The van der Waals surface area contributed by atoms with Gasteiger partial charge in [-0.25, -0.2) is 0 Å². The summed E-state index contributed by atoms with van der Waals surface area (Å²) in [6, 6.07) is 21.2. The molecule has 0 amide bonds. The van der Waals surface area contributed by atoms with E-state index in [0.717, 1.165) is 17.1 Å². The molecule has 26 heavy (non-hydrogen) atoms. The van der Waals surface area contributed by atoms with Gasteiger partial charge in [-0.3, -0.25) is 4.98 Å². The fourth-order valence-electron chi connectivity index (χ4n) is 2.76. The van der Waals surface area contributed by atoms with Crippen LogP contribution in [0.15, 0.2) is 84.3 Å². The number of para-hydroxylation sites is 1. The van der Waals surface area contributed by atoms with Gasteiger partial charge in [-0.1, -0.05) is 35.5 Å². The van der Waals surface area contributed by atoms with E-state index < -0.39 is 5.60 Å². The molecule has 0 fully saturated rings.